The van der Waals surface area contributed by atoms with Crippen molar-refractivity contribution in [2.75, 3.05) is 20.6 Å². The molecule has 0 saturated heterocycles. The Balaban J connectivity index is 1.78. The van der Waals surface area contributed by atoms with Crippen LogP contribution in [0.25, 0.3) is 0 Å². The van der Waals surface area contributed by atoms with Crippen LogP contribution in [0.1, 0.15) is 41.6 Å². The summed E-state index contributed by atoms with van der Waals surface area (Å²) in [6.07, 6.45) is 4.40. The fourth-order valence-corrected chi connectivity index (χ4v) is 4.72. The molecule has 0 atom stereocenters. The molecule has 1 fully saturated rings. The van der Waals surface area contributed by atoms with Gasteiger partial charge in [0.2, 0.25) is 10.0 Å². The average Bonchev–Trinajstić information content (AvgIpc) is 3.17. The van der Waals surface area contributed by atoms with Crippen molar-refractivity contribution in [1.82, 2.24) is 9.62 Å². The maximum Gasteiger partial charge on any atom is 0.251 e. The Kier molecular flexibility index (Phi) is 5.67. The molecule has 6 heteroatoms. The number of nitrogens with zero attached hydrogens (tertiary/aromatic N) is 1. The van der Waals surface area contributed by atoms with E-state index in [1.54, 1.807) is 12.1 Å². The first-order chi connectivity index (χ1) is 12.8. The molecule has 1 aliphatic rings. The van der Waals surface area contributed by atoms with Gasteiger partial charge in [-0.1, -0.05) is 49.2 Å². The van der Waals surface area contributed by atoms with E-state index in [0.717, 1.165) is 30.0 Å². The van der Waals surface area contributed by atoms with Gasteiger partial charge in [0.1, 0.15) is 0 Å². The van der Waals surface area contributed by atoms with E-state index >= 15 is 0 Å². The second kappa shape index (κ2) is 7.82. The van der Waals surface area contributed by atoms with Crippen molar-refractivity contribution in [3.8, 4) is 0 Å². The Labute approximate surface area is 161 Å². The highest BCUT2D eigenvalue weighted by Crippen LogP contribution is 2.40. The minimum atomic E-state index is -3.57. The van der Waals surface area contributed by atoms with Crippen molar-refractivity contribution in [2.45, 2.75) is 36.0 Å². The summed E-state index contributed by atoms with van der Waals surface area (Å²) in [7, 11) is -0.609. The lowest BCUT2D eigenvalue weighted by atomic mass is 9.79. The number of hydrogen-bond acceptors (Lipinski definition) is 3. The minimum absolute atomic E-state index is 0.0375. The first-order valence-electron chi connectivity index (χ1n) is 9.21. The molecule has 2 aromatic rings. The summed E-state index contributed by atoms with van der Waals surface area (Å²) in [5.41, 5.74) is 1.58. The lowest BCUT2D eigenvalue weighted by Gasteiger charge is -2.30. The standard InChI is InChI=1S/C21H26N2O3S/c1-23(2)27(25,26)19-12-8-9-17(15-19)20(24)22-16-21(13-6-7-14-21)18-10-4-3-5-11-18/h3-5,8-12,15H,6-7,13-14,16H2,1-2H3,(H,22,24). The van der Waals surface area contributed by atoms with Crippen molar-refractivity contribution < 1.29 is 13.2 Å². The number of rotatable bonds is 6. The molecule has 1 N–H and O–H groups in total. The molecule has 0 aromatic heterocycles. The maximum absolute atomic E-state index is 12.7. The van der Waals surface area contributed by atoms with Gasteiger partial charge in [-0.25, -0.2) is 12.7 Å². The third-order valence-electron chi connectivity index (χ3n) is 5.41. The van der Waals surface area contributed by atoms with Gasteiger partial charge in [-0.2, -0.15) is 0 Å². The van der Waals surface area contributed by atoms with Crippen molar-refractivity contribution in [1.29, 1.82) is 0 Å². The Bertz CT molecular complexity index is 902. The van der Waals surface area contributed by atoms with E-state index < -0.39 is 10.0 Å². The minimum Gasteiger partial charge on any atom is -0.351 e. The molecule has 0 unspecified atom stereocenters. The van der Waals surface area contributed by atoms with Crippen LogP contribution in [0.3, 0.4) is 0 Å². The van der Waals surface area contributed by atoms with E-state index in [2.05, 4.69) is 17.4 Å². The van der Waals surface area contributed by atoms with Crippen LogP contribution in [0.5, 0.6) is 0 Å². The van der Waals surface area contributed by atoms with E-state index in [0.29, 0.717) is 12.1 Å². The van der Waals surface area contributed by atoms with Crippen LogP contribution in [0, 0.1) is 0 Å². The highest BCUT2D eigenvalue weighted by atomic mass is 32.2. The lowest BCUT2D eigenvalue weighted by molar-refractivity contribution is 0.0943. The number of benzene rings is 2. The predicted octanol–water partition coefficient (Wildman–Crippen LogP) is 3.18. The first kappa shape index (κ1) is 19.6. The molecule has 0 radical (unpaired) electrons. The average molecular weight is 387 g/mol. The quantitative estimate of drug-likeness (QED) is 0.829. The Morgan fingerprint density at radius 1 is 1.04 bits per heavy atom. The lowest BCUT2D eigenvalue weighted by Crippen LogP contribution is -2.39. The van der Waals surface area contributed by atoms with Gasteiger partial charge in [-0.15, -0.1) is 0 Å². The van der Waals surface area contributed by atoms with E-state index in [4.69, 9.17) is 0 Å². The van der Waals surface area contributed by atoms with E-state index in [1.165, 1.54) is 31.8 Å². The fourth-order valence-electron chi connectivity index (χ4n) is 3.77. The number of nitrogens with one attached hydrogen (secondary N) is 1. The summed E-state index contributed by atoms with van der Waals surface area (Å²) in [4.78, 5) is 12.8. The molecular formula is C21H26N2O3S. The summed E-state index contributed by atoms with van der Waals surface area (Å²) < 4.78 is 25.8. The molecule has 144 valence electrons. The third kappa shape index (κ3) is 4.06. The van der Waals surface area contributed by atoms with Crippen molar-refractivity contribution >= 4 is 15.9 Å². The van der Waals surface area contributed by atoms with E-state index in [-0.39, 0.29) is 16.2 Å². The topological polar surface area (TPSA) is 66.5 Å². The zero-order valence-corrected chi connectivity index (χ0v) is 16.6. The maximum atomic E-state index is 12.7. The molecule has 0 aliphatic heterocycles. The van der Waals surface area contributed by atoms with Crippen molar-refractivity contribution in [3.63, 3.8) is 0 Å². The summed E-state index contributed by atoms with van der Waals surface area (Å²) >= 11 is 0. The molecule has 1 amide bonds. The summed E-state index contributed by atoms with van der Waals surface area (Å²) in [5, 5.41) is 3.04. The molecule has 0 bridgehead atoms. The van der Waals surface area contributed by atoms with Crippen LogP contribution in [-0.2, 0) is 15.4 Å². The summed E-state index contributed by atoms with van der Waals surface area (Å²) in [6.45, 7) is 0.556. The van der Waals surface area contributed by atoms with Crippen LogP contribution < -0.4 is 5.32 Å². The van der Waals surface area contributed by atoms with E-state index in [1.807, 2.05) is 18.2 Å². The van der Waals surface area contributed by atoms with Crippen LogP contribution in [0.2, 0.25) is 0 Å². The van der Waals surface area contributed by atoms with Crippen LogP contribution >= 0.6 is 0 Å². The highest BCUT2D eigenvalue weighted by Gasteiger charge is 2.35. The molecule has 2 aromatic carbocycles. The van der Waals surface area contributed by atoms with Crippen molar-refractivity contribution in [2.24, 2.45) is 0 Å². The Morgan fingerprint density at radius 2 is 1.70 bits per heavy atom. The van der Waals surface area contributed by atoms with Crippen LogP contribution in [0.15, 0.2) is 59.5 Å². The second-order valence-corrected chi connectivity index (χ2v) is 9.50. The monoisotopic (exact) mass is 386 g/mol. The number of carbonyl (C=O) groups is 1. The number of hydrogen-bond donors (Lipinski definition) is 1. The van der Waals surface area contributed by atoms with Gasteiger partial charge in [0.05, 0.1) is 4.90 Å². The van der Waals surface area contributed by atoms with Crippen LogP contribution in [-0.4, -0.2) is 39.3 Å². The first-order valence-corrected chi connectivity index (χ1v) is 10.7. The normalized spacial score (nSPS) is 16.4. The van der Waals surface area contributed by atoms with Gasteiger partial charge < -0.3 is 5.32 Å². The highest BCUT2D eigenvalue weighted by molar-refractivity contribution is 7.89. The molecule has 5 nitrogen and oxygen atoms in total. The largest absolute Gasteiger partial charge is 0.351 e. The summed E-state index contributed by atoms with van der Waals surface area (Å²) in [5.74, 6) is -0.243. The second-order valence-electron chi connectivity index (χ2n) is 7.35. The zero-order valence-electron chi connectivity index (χ0n) is 15.8. The predicted molar refractivity (Wildman–Crippen MR) is 106 cm³/mol. The molecule has 0 spiro atoms. The number of sulfonamides is 1. The van der Waals surface area contributed by atoms with Crippen LogP contribution in [0.4, 0.5) is 0 Å². The van der Waals surface area contributed by atoms with Crippen molar-refractivity contribution in [3.05, 3.63) is 65.7 Å². The smallest absolute Gasteiger partial charge is 0.251 e. The number of amides is 1. The molecule has 0 heterocycles. The van der Waals surface area contributed by atoms with Gasteiger partial charge in [0.15, 0.2) is 0 Å². The zero-order chi connectivity index (χ0) is 19.5. The Hall–Kier alpha value is -2.18. The van der Waals surface area contributed by atoms with Gasteiger partial charge in [-0.3, -0.25) is 4.79 Å². The van der Waals surface area contributed by atoms with Gasteiger partial charge in [0.25, 0.3) is 5.91 Å². The number of carbonyl (C=O) groups excluding carboxylic acids is 1. The van der Waals surface area contributed by atoms with Gasteiger partial charge >= 0.3 is 0 Å². The van der Waals surface area contributed by atoms with E-state index in [9.17, 15) is 13.2 Å². The summed E-state index contributed by atoms with van der Waals surface area (Å²) in [6, 6.07) is 16.5. The molecule has 27 heavy (non-hydrogen) atoms. The Morgan fingerprint density at radius 3 is 2.33 bits per heavy atom. The van der Waals surface area contributed by atoms with Gasteiger partial charge in [-0.05, 0) is 36.6 Å². The van der Waals surface area contributed by atoms with Gasteiger partial charge in [0, 0.05) is 31.6 Å². The molecule has 3 rings (SSSR count). The SMILES string of the molecule is CN(C)S(=O)(=O)c1cccc(C(=O)NCC2(c3ccccc3)CCCC2)c1. The molecule has 1 saturated carbocycles. The third-order valence-corrected chi connectivity index (χ3v) is 7.22. The molecular weight excluding hydrogens is 360 g/mol. The molecule has 1 aliphatic carbocycles. The fraction of sp³-hybridized carbons (Fsp3) is 0.381.